The Morgan fingerprint density at radius 2 is 2.00 bits per heavy atom. The van der Waals surface area contributed by atoms with E-state index in [4.69, 9.17) is 11.8 Å². The molecule has 0 spiro atoms. The van der Waals surface area contributed by atoms with Crippen molar-refractivity contribution in [2.75, 3.05) is 13.7 Å². The lowest BCUT2D eigenvalue weighted by molar-refractivity contribution is 0.351. The Hall–Kier alpha value is -1.02. The fraction of sp³-hybridized carbons (Fsp3) is 0.462. The first-order valence-corrected chi connectivity index (χ1v) is 5.34. The van der Waals surface area contributed by atoms with Gasteiger partial charge in [-0.05, 0) is 37.6 Å². The zero-order valence-electron chi connectivity index (χ0n) is 9.23. The third-order valence-corrected chi connectivity index (χ3v) is 3.30. The summed E-state index contributed by atoms with van der Waals surface area (Å²) in [5.74, 6) is 1.39. The minimum atomic E-state index is 0.318. The molecule has 0 amide bonds. The van der Waals surface area contributed by atoms with Crippen molar-refractivity contribution in [1.29, 1.82) is 0 Å². The van der Waals surface area contributed by atoms with Gasteiger partial charge in [0.1, 0.15) is 5.75 Å². The zero-order valence-corrected chi connectivity index (χ0v) is 9.23. The van der Waals surface area contributed by atoms with Gasteiger partial charge in [0, 0.05) is 12.0 Å². The van der Waals surface area contributed by atoms with Crippen LogP contribution in [0, 0.1) is 7.05 Å². The van der Waals surface area contributed by atoms with Crippen LogP contribution in [0.4, 0.5) is 0 Å². The second kappa shape index (κ2) is 4.23. The minimum Gasteiger partial charge on any atom is -0.497 e. The van der Waals surface area contributed by atoms with Gasteiger partial charge in [0.25, 0.3) is 0 Å². The summed E-state index contributed by atoms with van der Waals surface area (Å²) in [6.45, 7) is 2.99. The van der Waals surface area contributed by atoms with E-state index >= 15 is 0 Å². The summed E-state index contributed by atoms with van der Waals surface area (Å²) in [6, 6.07) is 8.53. The van der Waals surface area contributed by atoms with Crippen molar-refractivity contribution in [1.82, 2.24) is 4.90 Å². The summed E-state index contributed by atoms with van der Waals surface area (Å²) in [5.41, 5.74) is 1.32. The van der Waals surface area contributed by atoms with E-state index < -0.39 is 0 Å². The van der Waals surface area contributed by atoms with E-state index in [2.05, 4.69) is 19.1 Å². The van der Waals surface area contributed by atoms with E-state index in [0.29, 0.717) is 12.0 Å². The number of ether oxygens (including phenoxy) is 1. The number of hydrogen-bond acceptors (Lipinski definition) is 2. The van der Waals surface area contributed by atoms with Gasteiger partial charge in [-0.15, -0.1) is 0 Å². The quantitative estimate of drug-likeness (QED) is 0.730. The number of hydrogen-bond donors (Lipinski definition) is 0. The third kappa shape index (κ3) is 2.00. The normalized spacial score (nSPS) is 26.9. The molecule has 0 saturated carbocycles. The van der Waals surface area contributed by atoms with E-state index in [1.807, 2.05) is 12.1 Å². The van der Waals surface area contributed by atoms with Crippen LogP contribution in [-0.2, 0) is 0 Å². The van der Waals surface area contributed by atoms with Crippen molar-refractivity contribution < 1.29 is 4.74 Å². The molecule has 15 heavy (non-hydrogen) atoms. The van der Waals surface area contributed by atoms with Crippen LogP contribution in [0.2, 0.25) is 0 Å². The molecule has 1 aliphatic rings. The minimum absolute atomic E-state index is 0.318. The number of rotatable bonds is 2. The summed E-state index contributed by atoms with van der Waals surface area (Å²) < 4.78 is 5.13. The van der Waals surface area contributed by atoms with E-state index in [-0.39, 0.29) is 0 Å². The Kier molecular flexibility index (Phi) is 2.96. The molecular formula is C13H16NO. The highest BCUT2D eigenvalue weighted by Gasteiger charge is 2.29. The van der Waals surface area contributed by atoms with Crippen LogP contribution in [0.15, 0.2) is 24.3 Å². The van der Waals surface area contributed by atoms with Gasteiger partial charge in [-0.1, -0.05) is 12.1 Å². The monoisotopic (exact) mass is 202 g/mol. The molecule has 2 atom stereocenters. The molecule has 1 heterocycles. The second-order valence-electron chi connectivity index (χ2n) is 4.10. The first kappa shape index (κ1) is 10.5. The van der Waals surface area contributed by atoms with E-state index in [1.54, 1.807) is 12.0 Å². The van der Waals surface area contributed by atoms with Crippen LogP contribution in [0.3, 0.4) is 0 Å². The zero-order chi connectivity index (χ0) is 10.8. The SMILES string of the molecule is [C]N1CCC(c2ccc(OC)cc2)C1C. The molecule has 2 rings (SSSR count). The van der Waals surface area contributed by atoms with Gasteiger partial charge in [-0.25, -0.2) is 0 Å². The molecule has 1 aromatic rings. The van der Waals surface area contributed by atoms with Crippen molar-refractivity contribution in [3.8, 4) is 5.75 Å². The van der Waals surface area contributed by atoms with Crippen LogP contribution in [0.1, 0.15) is 24.8 Å². The van der Waals surface area contributed by atoms with Gasteiger partial charge in [0.15, 0.2) is 0 Å². The Labute approximate surface area is 91.9 Å². The first-order chi connectivity index (χ1) is 7.22. The molecule has 2 unspecified atom stereocenters. The average Bonchev–Trinajstić information content (AvgIpc) is 2.60. The van der Waals surface area contributed by atoms with Crippen molar-refractivity contribution in [2.24, 2.45) is 0 Å². The molecule has 1 aliphatic heterocycles. The highest BCUT2D eigenvalue weighted by Crippen LogP contribution is 2.33. The highest BCUT2D eigenvalue weighted by molar-refractivity contribution is 5.30. The van der Waals surface area contributed by atoms with Crippen molar-refractivity contribution in [3.63, 3.8) is 0 Å². The predicted molar refractivity (Wildman–Crippen MR) is 59.8 cm³/mol. The molecule has 0 aromatic heterocycles. The summed E-state index contributed by atoms with van der Waals surface area (Å²) in [4.78, 5) is 1.68. The number of methoxy groups -OCH3 is 1. The summed E-state index contributed by atoms with van der Waals surface area (Å²) in [5, 5.41) is 0. The van der Waals surface area contributed by atoms with E-state index in [9.17, 15) is 0 Å². The predicted octanol–water partition coefficient (Wildman–Crippen LogP) is 2.42. The Morgan fingerprint density at radius 1 is 1.33 bits per heavy atom. The molecule has 79 valence electrons. The van der Waals surface area contributed by atoms with Crippen LogP contribution in [-0.4, -0.2) is 24.6 Å². The maximum atomic E-state index is 7.70. The highest BCUT2D eigenvalue weighted by atomic mass is 16.5. The standard InChI is InChI=1S/C13H16NO/c1-10-13(8-9-14(10)2)11-4-6-12(15-3)7-5-11/h4-7,10,13H,8-9H2,1,3H3. The largest absolute Gasteiger partial charge is 0.497 e. The van der Waals surface area contributed by atoms with Crippen LogP contribution < -0.4 is 4.74 Å². The van der Waals surface area contributed by atoms with Crippen molar-refractivity contribution in [3.05, 3.63) is 36.9 Å². The van der Waals surface area contributed by atoms with Crippen LogP contribution in [0.5, 0.6) is 5.75 Å². The number of benzene rings is 1. The fourth-order valence-electron chi connectivity index (χ4n) is 2.24. The fourth-order valence-corrected chi connectivity index (χ4v) is 2.24. The first-order valence-electron chi connectivity index (χ1n) is 5.34. The molecule has 2 heteroatoms. The smallest absolute Gasteiger partial charge is 0.118 e. The number of nitrogens with zero attached hydrogens (tertiary/aromatic N) is 1. The molecule has 2 nitrogen and oxygen atoms in total. The number of likely N-dealkylation sites (tertiary alicyclic amines) is 1. The maximum Gasteiger partial charge on any atom is 0.118 e. The lowest BCUT2D eigenvalue weighted by atomic mass is 9.93. The third-order valence-electron chi connectivity index (χ3n) is 3.30. The Morgan fingerprint density at radius 3 is 2.47 bits per heavy atom. The molecule has 1 aromatic carbocycles. The van der Waals surface area contributed by atoms with Gasteiger partial charge < -0.3 is 4.74 Å². The topological polar surface area (TPSA) is 12.5 Å². The lowest BCUT2D eigenvalue weighted by Crippen LogP contribution is -2.22. The summed E-state index contributed by atoms with van der Waals surface area (Å²) in [6.07, 6.45) is 1.08. The van der Waals surface area contributed by atoms with Gasteiger partial charge in [-0.3, -0.25) is 4.90 Å². The van der Waals surface area contributed by atoms with Crippen LogP contribution >= 0.6 is 0 Å². The Bertz CT molecular complexity index is 320. The average molecular weight is 202 g/mol. The molecule has 1 saturated heterocycles. The van der Waals surface area contributed by atoms with Crippen molar-refractivity contribution >= 4 is 0 Å². The van der Waals surface area contributed by atoms with Gasteiger partial charge in [0.2, 0.25) is 0 Å². The Balaban J connectivity index is 2.16. The van der Waals surface area contributed by atoms with Gasteiger partial charge >= 0.3 is 0 Å². The molecule has 0 bridgehead atoms. The second-order valence-corrected chi connectivity index (χ2v) is 4.10. The van der Waals surface area contributed by atoms with E-state index in [0.717, 1.165) is 18.7 Å². The van der Waals surface area contributed by atoms with Gasteiger partial charge in [0.05, 0.1) is 14.2 Å². The molecule has 3 radical (unpaired) electrons. The summed E-state index contributed by atoms with van der Waals surface area (Å²) >= 11 is 0. The molecular weight excluding hydrogens is 186 g/mol. The van der Waals surface area contributed by atoms with E-state index in [1.165, 1.54) is 5.56 Å². The maximum absolute atomic E-state index is 7.70. The molecule has 0 aliphatic carbocycles. The van der Waals surface area contributed by atoms with Gasteiger partial charge in [-0.2, -0.15) is 0 Å². The molecule has 1 fully saturated rings. The lowest BCUT2D eigenvalue weighted by Gasteiger charge is -2.20. The molecule has 0 N–H and O–H groups in total. The van der Waals surface area contributed by atoms with Crippen molar-refractivity contribution in [2.45, 2.75) is 25.3 Å². The van der Waals surface area contributed by atoms with Crippen LogP contribution in [0.25, 0.3) is 0 Å². The summed E-state index contributed by atoms with van der Waals surface area (Å²) in [7, 11) is 9.38.